The summed E-state index contributed by atoms with van der Waals surface area (Å²) in [5.41, 5.74) is 5.37. The van der Waals surface area contributed by atoms with Gasteiger partial charge in [-0.2, -0.15) is 0 Å². The number of nitrogens with one attached hydrogen (secondary N) is 1. The number of primary amides is 1. The van der Waals surface area contributed by atoms with E-state index in [1.165, 1.54) is 44.9 Å². The van der Waals surface area contributed by atoms with E-state index in [0.29, 0.717) is 6.04 Å². The van der Waals surface area contributed by atoms with Gasteiger partial charge in [-0.05, 0) is 51.6 Å². The number of nitrogens with zero attached hydrogens (tertiary/aromatic N) is 1. The Balaban J connectivity index is 2.00. The molecule has 1 atom stereocenters. The molecule has 0 spiro atoms. The second-order valence-electron chi connectivity index (χ2n) is 6.97. The molecule has 122 valence electrons. The normalized spacial score (nSPS) is 29.8. The average molecular weight is 295 g/mol. The second kappa shape index (κ2) is 8.14. The summed E-state index contributed by atoms with van der Waals surface area (Å²) in [6, 6.07) is 0.484. The minimum absolute atomic E-state index is 0.134. The quantitative estimate of drug-likeness (QED) is 0.766. The summed E-state index contributed by atoms with van der Waals surface area (Å²) in [7, 11) is 0. The lowest BCUT2D eigenvalue weighted by Crippen LogP contribution is -2.59. The van der Waals surface area contributed by atoms with Crippen LogP contribution in [0.3, 0.4) is 0 Å². The lowest BCUT2D eigenvalue weighted by atomic mass is 9.87. The molecule has 0 aromatic heterocycles. The Morgan fingerprint density at radius 1 is 1.14 bits per heavy atom. The van der Waals surface area contributed by atoms with Crippen molar-refractivity contribution in [2.24, 2.45) is 5.73 Å². The minimum Gasteiger partial charge on any atom is -0.368 e. The molecule has 1 aliphatic heterocycles. The van der Waals surface area contributed by atoms with Crippen molar-refractivity contribution in [1.82, 2.24) is 10.2 Å². The van der Waals surface area contributed by atoms with Gasteiger partial charge in [0.2, 0.25) is 5.91 Å². The third-order valence-electron chi connectivity index (χ3n) is 5.28. The summed E-state index contributed by atoms with van der Waals surface area (Å²) in [4.78, 5) is 14.7. The lowest BCUT2D eigenvalue weighted by Gasteiger charge is -2.35. The molecule has 1 saturated carbocycles. The number of hydrogen-bond acceptors (Lipinski definition) is 3. The van der Waals surface area contributed by atoms with E-state index >= 15 is 0 Å². The number of carbonyl (C=O) groups excluding carboxylic acids is 1. The first-order chi connectivity index (χ1) is 10.2. The number of rotatable bonds is 5. The van der Waals surface area contributed by atoms with Gasteiger partial charge in [0.1, 0.15) is 0 Å². The Bertz CT molecular complexity index is 326. The van der Waals surface area contributed by atoms with E-state index in [0.717, 1.165) is 38.9 Å². The van der Waals surface area contributed by atoms with Gasteiger partial charge in [-0.25, -0.2) is 0 Å². The van der Waals surface area contributed by atoms with Gasteiger partial charge in [-0.1, -0.05) is 32.6 Å². The monoisotopic (exact) mass is 295 g/mol. The Labute approximate surface area is 129 Å². The Hall–Kier alpha value is -0.610. The number of likely N-dealkylation sites (tertiary alicyclic amines) is 1. The summed E-state index contributed by atoms with van der Waals surface area (Å²) in [5.74, 6) is -0.134. The smallest absolute Gasteiger partial charge is 0.237 e. The molecule has 2 fully saturated rings. The number of amides is 1. The third-order valence-corrected chi connectivity index (χ3v) is 5.28. The number of nitrogens with two attached hydrogens (primary N) is 1. The van der Waals surface area contributed by atoms with Gasteiger partial charge < -0.3 is 16.0 Å². The zero-order valence-electron chi connectivity index (χ0n) is 13.7. The second-order valence-corrected chi connectivity index (χ2v) is 6.97. The van der Waals surface area contributed by atoms with E-state index in [1.807, 2.05) is 0 Å². The van der Waals surface area contributed by atoms with Crippen LogP contribution in [-0.4, -0.2) is 42.0 Å². The predicted octanol–water partition coefficient (Wildman–Crippen LogP) is 2.42. The molecule has 1 heterocycles. The molecule has 1 unspecified atom stereocenters. The van der Waals surface area contributed by atoms with E-state index in [2.05, 4.69) is 17.1 Å². The van der Waals surface area contributed by atoms with Gasteiger partial charge >= 0.3 is 0 Å². The van der Waals surface area contributed by atoms with Gasteiger partial charge in [0.25, 0.3) is 0 Å². The van der Waals surface area contributed by atoms with Crippen LogP contribution in [0.25, 0.3) is 0 Å². The van der Waals surface area contributed by atoms with Crippen molar-refractivity contribution in [1.29, 1.82) is 0 Å². The molecule has 1 amide bonds. The van der Waals surface area contributed by atoms with Gasteiger partial charge in [-0.3, -0.25) is 4.79 Å². The first kappa shape index (κ1) is 16.8. The van der Waals surface area contributed by atoms with Crippen LogP contribution in [-0.2, 0) is 4.79 Å². The maximum atomic E-state index is 12.2. The Morgan fingerprint density at radius 2 is 1.86 bits per heavy atom. The fourth-order valence-electron chi connectivity index (χ4n) is 4.01. The average Bonchev–Trinajstić information content (AvgIpc) is 2.82. The van der Waals surface area contributed by atoms with Crippen LogP contribution in [0, 0.1) is 0 Å². The van der Waals surface area contributed by atoms with Crippen LogP contribution in [0.1, 0.15) is 71.1 Å². The van der Waals surface area contributed by atoms with Crippen molar-refractivity contribution >= 4 is 5.91 Å². The molecular weight excluding hydrogens is 262 g/mol. The van der Waals surface area contributed by atoms with Crippen molar-refractivity contribution in [3.63, 3.8) is 0 Å². The maximum Gasteiger partial charge on any atom is 0.237 e. The van der Waals surface area contributed by atoms with Crippen molar-refractivity contribution in [3.8, 4) is 0 Å². The molecule has 0 bridgehead atoms. The van der Waals surface area contributed by atoms with E-state index in [1.54, 1.807) is 0 Å². The number of carbonyl (C=O) groups is 1. The molecular formula is C17H33N3O. The zero-order chi connectivity index (χ0) is 15.1. The summed E-state index contributed by atoms with van der Waals surface area (Å²) >= 11 is 0. The van der Waals surface area contributed by atoms with Gasteiger partial charge in [0, 0.05) is 12.6 Å². The summed E-state index contributed by atoms with van der Waals surface area (Å²) in [6.07, 6.45) is 11.7. The summed E-state index contributed by atoms with van der Waals surface area (Å²) < 4.78 is 0. The number of hydrogen-bond donors (Lipinski definition) is 2. The highest BCUT2D eigenvalue weighted by Gasteiger charge is 2.39. The van der Waals surface area contributed by atoms with Gasteiger partial charge in [-0.15, -0.1) is 0 Å². The van der Waals surface area contributed by atoms with E-state index in [4.69, 9.17) is 5.73 Å². The predicted molar refractivity (Wildman–Crippen MR) is 87.1 cm³/mol. The molecule has 4 heteroatoms. The highest BCUT2D eigenvalue weighted by Crippen LogP contribution is 2.26. The fourth-order valence-corrected chi connectivity index (χ4v) is 4.01. The minimum atomic E-state index is -0.461. The van der Waals surface area contributed by atoms with Crippen molar-refractivity contribution < 1.29 is 4.79 Å². The first-order valence-corrected chi connectivity index (χ1v) is 8.96. The van der Waals surface area contributed by atoms with E-state index in [9.17, 15) is 4.79 Å². The molecule has 1 saturated heterocycles. The Morgan fingerprint density at radius 3 is 2.48 bits per heavy atom. The molecule has 2 aliphatic rings. The zero-order valence-corrected chi connectivity index (χ0v) is 13.7. The summed E-state index contributed by atoms with van der Waals surface area (Å²) in [5, 5.41) is 3.71. The molecule has 2 rings (SSSR count). The highest BCUT2D eigenvalue weighted by atomic mass is 16.1. The largest absolute Gasteiger partial charge is 0.368 e. The SMILES string of the molecule is CCCN1CCCC(NC2CCCCCC2)(C(N)=O)CC1. The van der Waals surface area contributed by atoms with Gasteiger partial charge in [0.05, 0.1) is 5.54 Å². The lowest BCUT2D eigenvalue weighted by molar-refractivity contribution is -0.125. The fraction of sp³-hybridized carbons (Fsp3) is 0.941. The standard InChI is InChI=1S/C17H33N3O/c1-2-12-20-13-7-10-17(11-14-20,16(18)21)19-15-8-5-3-4-6-9-15/h15,19H,2-14H2,1H3,(H2,18,21). The van der Waals surface area contributed by atoms with Crippen LogP contribution in [0.15, 0.2) is 0 Å². The van der Waals surface area contributed by atoms with Crippen LogP contribution < -0.4 is 11.1 Å². The Kier molecular flexibility index (Phi) is 6.49. The van der Waals surface area contributed by atoms with E-state index in [-0.39, 0.29) is 5.91 Å². The van der Waals surface area contributed by atoms with E-state index < -0.39 is 5.54 Å². The van der Waals surface area contributed by atoms with Crippen LogP contribution in [0.4, 0.5) is 0 Å². The summed E-state index contributed by atoms with van der Waals surface area (Å²) in [6.45, 7) is 5.46. The van der Waals surface area contributed by atoms with Crippen molar-refractivity contribution in [3.05, 3.63) is 0 Å². The molecule has 1 aliphatic carbocycles. The van der Waals surface area contributed by atoms with Crippen molar-refractivity contribution in [2.75, 3.05) is 19.6 Å². The third kappa shape index (κ3) is 4.68. The molecule has 0 aromatic rings. The maximum absolute atomic E-state index is 12.2. The molecule has 3 N–H and O–H groups in total. The molecule has 0 aromatic carbocycles. The molecule has 4 nitrogen and oxygen atoms in total. The molecule has 0 radical (unpaired) electrons. The highest BCUT2D eigenvalue weighted by molar-refractivity contribution is 5.84. The van der Waals surface area contributed by atoms with Crippen LogP contribution in [0.2, 0.25) is 0 Å². The first-order valence-electron chi connectivity index (χ1n) is 8.96. The topological polar surface area (TPSA) is 58.4 Å². The van der Waals surface area contributed by atoms with Crippen LogP contribution in [0.5, 0.6) is 0 Å². The van der Waals surface area contributed by atoms with Crippen molar-refractivity contribution in [2.45, 2.75) is 82.7 Å². The van der Waals surface area contributed by atoms with Gasteiger partial charge in [0.15, 0.2) is 0 Å². The van der Waals surface area contributed by atoms with Crippen LogP contribution >= 0.6 is 0 Å². The molecule has 21 heavy (non-hydrogen) atoms.